The topological polar surface area (TPSA) is 54.0 Å². The second kappa shape index (κ2) is 7.13. The second-order valence-electron chi connectivity index (χ2n) is 5.87. The minimum atomic E-state index is -1.68. The van der Waals surface area contributed by atoms with Crippen LogP contribution in [-0.4, -0.2) is 35.3 Å². The molecule has 7 heteroatoms. The van der Waals surface area contributed by atoms with Crippen LogP contribution in [0, 0.1) is 6.92 Å². The molecule has 0 atom stereocenters. The van der Waals surface area contributed by atoms with E-state index in [0.29, 0.717) is 16.7 Å². The maximum Gasteiger partial charge on any atom is 0.216 e. The van der Waals surface area contributed by atoms with Crippen molar-refractivity contribution in [2.45, 2.75) is 33.0 Å². The number of oxazole rings is 1. The molecule has 24 heavy (non-hydrogen) atoms. The average molecular weight is 351 g/mol. The van der Waals surface area contributed by atoms with E-state index in [2.05, 4.69) is 21.8 Å². The van der Waals surface area contributed by atoms with Gasteiger partial charge < -0.3 is 4.42 Å². The van der Waals surface area contributed by atoms with Crippen molar-refractivity contribution in [3.63, 3.8) is 0 Å². The Bertz CT molecular complexity index is 764. The highest BCUT2D eigenvalue weighted by atomic mass is 35.5. The summed E-state index contributed by atoms with van der Waals surface area (Å²) in [5.41, 5.74) is -0.172. The monoisotopic (exact) mass is 350 g/mol. The number of hydrogen-bond acceptors (Lipinski definition) is 4. The third kappa shape index (κ3) is 4.20. The Morgan fingerprint density at radius 2 is 2.08 bits per heavy atom. The molecule has 0 unspecified atom stereocenters. The summed E-state index contributed by atoms with van der Waals surface area (Å²) in [5.74, 6) is 1.06. The van der Waals surface area contributed by atoms with Crippen LogP contribution in [0.5, 0.6) is 0 Å². The van der Waals surface area contributed by atoms with Crippen molar-refractivity contribution in [3.05, 3.63) is 40.9 Å². The molecule has 0 N–H and O–H groups in total. The zero-order chi connectivity index (χ0) is 17.9. The Kier molecular flexibility index (Phi) is 5.39. The summed E-state index contributed by atoms with van der Waals surface area (Å²) in [5, 5.41) is 6.21. The van der Waals surface area contributed by atoms with Gasteiger partial charge in [0.1, 0.15) is 6.54 Å². The van der Waals surface area contributed by atoms with E-state index < -0.39 is 5.67 Å². The summed E-state index contributed by atoms with van der Waals surface area (Å²) in [6.45, 7) is 8.21. The number of amidine groups is 1. The Labute approximate surface area is 145 Å². The molecule has 0 saturated carbocycles. The first kappa shape index (κ1) is 18.1. The molecule has 0 saturated heterocycles. The van der Waals surface area contributed by atoms with Gasteiger partial charge in [0.2, 0.25) is 5.89 Å². The van der Waals surface area contributed by atoms with E-state index in [1.807, 2.05) is 25.1 Å². The zero-order valence-corrected chi connectivity index (χ0v) is 14.9. The van der Waals surface area contributed by atoms with E-state index in [-0.39, 0.29) is 12.4 Å². The fourth-order valence-corrected chi connectivity index (χ4v) is 2.37. The molecule has 2 aromatic rings. The van der Waals surface area contributed by atoms with Gasteiger partial charge in [-0.2, -0.15) is 5.10 Å². The first-order valence-corrected chi connectivity index (χ1v) is 7.77. The minimum Gasteiger partial charge on any atom is -0.438 e. The number of hydrogen-bond donors (Lipinski definition) is 0. The van der Waals surface area contributed by atoms with Gasteiger partial charge in [-0.1, -0.05) is 23.7 Å². The Morgan fingerprint density at radius 3 is 2.67 bits per heavy atom. The normalized spacial score (nSPS) is 12.3. The number of aliphatic imine (C=N–C) groups is 1. The number of halogens is 2. The predicted octanol–water partition coefficient (Wildman–Crippen LogP) is 4.50. The molecule has 0 radical (unpaired) electrons. The van der Waals surface area contributed by atoms with Crippen LogP contribution in [0.4, 0.5) is 4.39 Å². The summed E-state index contributed by atoms with van der Waals surface area (Å²) in [6.07, 6.45) is 0. The highest BCUT2D eigenvalue weighted by Gasteiger charge is 2.24. The molecule has 1 aromatic heterocycles. The average Bonchev–Trinajstić information content (AvgIpc) is 2.84. The summed E-state index contributed by atoms with van der Waals surface area (Å²) >= 11 is 6.20. The lowest BCUT2D eigenvalue weighted by molar-refractivity contribution is 0.276. The van der Waals surface area contributed by atoms with Crippen LogP contribution in [0.2, 0.25) is 5.02 Å². The highest BCUT2D eigenvalue weighted by molar-refractivity contribution is 6.33. The second-order valence-corrected chi connectivity index (χ2v) is 6.28. The van der Waals surface area contributed by atoms with Gasteiger partial charge in [-0.3, -0.25) is 5.01 Å². The van der Waals surface area contributed by atoms with Crippen LogP contribution in [-0.2, 0) is 6.54 Å². The lowest BCUT2D eigenvalue weighted by Gasteiger charge is -2.17. The Hall–Kier alpha value is -2.21. The van der Waals surface area contributed by atoms with Crippen molar-refractivity contribution in [2.75, 3.05) is 7.05 Å². The lowest BCUT2D eigenvalue weighted by atomic mass is 10.1. The maximum atomic E-state index is 13.9. The number of benzene rings is 1. The number of alkyl halides is 1. The molecular formula is C17H20ClFN4O. The molecule has 1 heterocycles. The van der Waals surface area contributed by atoms with Crippen LogP contribution in [0.15, 0.2) is 38.8 Å². The molecule has 5 nitrogen and oxygen atoms in total. The van der Waals surface area contributed by atoms with Gasteiger partial charge in [0, 0.05) is 12.6 Å². The fraction of sp³-hybridized carbons (Fsp3) is 0.353. The van der Waals surface area contributed by atoms with E-state index in [1.165, 1.54) is 18.9 Å². The van der Waals surface area contributed by atoms with Gasteiger partial charge in [-0.05, 0) is 39.6 Å². The van der Waals surface area contributed by atoms with Gasteiger partial charge in [-0.25, -0.2) is 14.4 Å². The highest BCUT2D eigenvalue weighted by Crippen LogP contribution is 2.31. The standard InChI is InChI=1S/C17H20ClFN4O/c1-11-15(12-8-6-7-9-13(12)18)24-14(21-11)10-23(5)22-16(20-4)17(2,3)19/h6-9H,4,10H2,1-3,5H3/b22-16-. The largest absolute Gasteiger partial charge is 0.438 e. The first-order valence-electron chi connectivity index (χ1n) is 7.39. The van der Waals surface area contributed by atoms with Gasteiger partial charge in [0.25, 0.3) is 0 Å². The van der Waals surface area contributed by atoms with E-state index >= 15 is 0 Å². The number of nitrogens with zero attached hydrogens (tertiary/aromatic N) is 4. The quantitative estimate of drug-likeness (QED) is 0.453. The molecule has 2 rings (SSSR count). The van der Waals surface area contributed by atoms with Crippen molar-refractivity contribution >= 4 is 24.2 Å². The number of aromatic nitrogens is 1. The van der Waals surface area contributed by atoms with Crippen LogP contribution in [0.25, 0.3) is 11.3 Å². The third-order valence-corrected chi connectivity index (χ3v) is 3.60. The molecule has 1 aromatic carbocycles. The third-order valence-electron chi connectivity index (χ3n) is 3.27. The fourth-order valence-electron chi connectivity index (χ4n) is 2.15. The van der Waals surface area contributed by atoms with Crippen LogP contribution in [0.1, 0.15) is 25.4 Å². The lowest BCUT2D eigenvalue weighted by Crippen LogP contribution is -2.27. The molecular weight excluding hydrogens is 331 g/mol. The van der Waals surface area contributed by atoms with Crippen LogP contribution in [0.3, 0.4) is 0 Å². The molecule has 128 valence electrons. The molecule has 0 aliphatic carbocycles. The molecule has 0 aliphatic heterocycles. The van der Waals surface area contributed by atoms with Gasteiger partial charge >= 0.3 is 0 Å². The van der Waals surface area contributed by atoms with Crippen molar-refractivity contribution < 1.29 is 8.81 Å². The predicted molar refractivity (Wildman–Crippen MR) is 95.3 cm³/mol. The Balaban J connectivity index is 2.23. The summed E-state index contributed by atoms with van der Waals surface area (Å²) in [4.78, 5) is 8.02. The summed E-state index contributed by atoms with van der Waals surface area (Å²) in [7, 11) is 1.69. The SMILES string of the molecule is C=N/C(=N\N(C)Cc1nc(C)c(-c2ccccc2Cl)o1)C(C)(C)F. The van der Waals surface area contributed by atoms with Gasteiger partial charge in [0.15, 0.2) is 17.3 Å². The van der Waals surface area contributed by atoms with E-state index in [0.717, 1.165) is 11.3 Å². The van der Waals surface area contributed by atoms with E-state index in [9.17, 15) is 4.39 Å². The molecule has 0 aliphatic rings. The van der Waals surface area contributed by atoms with E-state index in [1.54, 1.807) is 13.1 Å². The zero-order valence-electron chi connectivity index (χ0n) is 14.2. The minimum absolute atomic E-state index is 0.000365. The molecule has 0 fully saturated rings. The van der Waals surface area contributed by atoms with Gasteiger partial charge in [0.05, 0.1) is 10.7 Å². The first-order chi connectivity index (χ1) is 11.2. The molecule has 0 amide bonds. The Morgan fingerprint density at radius 1 is 1.42 bits per heavy atom. The number of hydrazone groups is 1. The summed E-state index contributed by atoms with van der Waals surface area (Å²) in [6, 6.07) is 7.39. The van der Waals surface area contributed by atoms with Gasteiger partial charge in [-0.15, -0.1) is 0 Å². The maximum absolute atomic E-state index is 13.9. The van der Waals surface area contributed by atoms with E-state index in [4.69, 9.17) is 16.0 Å². The van der Waals surface area contributed by atoms with Crippen molar-refractivity contribution in [3.8, 4) is 11.3 Å². The number of aryl methyl sites for hydroxylation is 1. The number of rotatable bonds is 5. The molecule has 0 bridgehead atoms. The molecule has 0 spiro atoms. The van der Waals surface area contributed by atoms with Crippen LogP contribution < -0.4 is 0 Å². The van der Waals surface area contributed by atoms with Crippen molar-refractivity contribution in [1.82, 2.24) is 9.99 Å². The van der Waals surface area contributed by atoms with Crippen LogP contribution >= 0.6 is 11.6 Å². The smallest absolute Gasteiger partial charge is 0.216 e. The van der Waals surface area contributed by atoms with Crippen molar-refractivity contribution in [1.29, 1.82) is 0 Å². The van der Waals surface area contributed by atoms with Crippen molar-refractivity contribution in [2.24, 2.45) is 10.1 Å². The summed E-state index contributed by atoms with van der Waals surface area (Å²) < 4.78 is 19.7.